The number of hydrogen-bond acceptors (Lipinski definition) is 7. The van der Waals surface area contributed by atoms with Crippen LogP contribution in [0.4, 0.5) is 5.69 Å². The van der Waals surface area contributed by atoms with Crippen molar-refractivity contribution in [2.24, 2.45) is 0 Å². The van der Waals surface area contributed by atoms with Gasteiger partial charge in [0.05, 0.1) is 24.8 Å². The fraction of sp³-hybridized carbons (Fsp3) is 0.172. The van der Waals surface area contributed by atoms with Crippen molar-refractivity contribution in [2.75, 3.05) is 18.1 Å². The average Bonchev–Trinajstić information content (AvgIpc) is 3.44. The molecule has 1 aliphatic rings. The molecule has 1 unspecified atom stereocenters. The molecule has 8 nitrogen and oxygen atoms in total. The number of amides is 1. The zero-order valence-electron chi connectivity index (χ0n) is 20.6. The lowest BCUT2D eigenvalue weighted by Gasteiger charge is -2.27. The van der Waals surface area contributed by atoms with Gasteiger partial charge in [-0.1, -0.05) is 28.1 Å². The number of anilines is 1. The van der Waals surface area contributed by atoms with E-state index in [0.717, 1.165) is 4.47 Å². The number of aromatic hydroxyl groups is 1. The minimum absolute atomic E-state index is 0.0221. The molecule has 1 aliphatic heterocycles. The minimum Gasteiger partial charge on any atom is -0.504 e. The number of ketones is 1. The van der Waals surface area contributed by atoms with Gasteiger partial charge in [0.2, 0.25) is 5.78 Å². The summed E-state index contributed by atoms with van der Waals surface area (Å²) in [5.41, 5.74) is 1.21. The second-order valence-electron chi connectivity index (χ2n) is 8.55. The summed E-state index contributed by atoms with van der Waals surface area (Å²) in [4.78, 5) is 28.7. The number of nitrogens with zero attached hydrogens (tertiary/aromatic N) is 1. The van der Waals surface area contributed by atoms with E-state index in [9.17, 15) is 19.8 Å². The van der Waals surface area contributed by atoms with Crippen molar-refractivity contribution >= 4 is 44.3 Å². The van der Waals surface area contributed by atoms with Crippen molar-refractivity contribution in [3.8, 4) is 17.2 Å². The maximum atomic E-state index is 13.9. The number of aliphatic hydroxyl groups is 1. The van der Waals surface area contributed by atoms with Gasteiger partial charge in [-0.2, -0.15) is 0 Å². The number of ether oxygens (including phenoxy) is 2. The molecule has 9 heteroatoms. The van der Waals surface area contributed by atoms with E-state index in [1.54, 1.807) is 67.6 Å². The van der Waals surface area contributed by atoms with Gasteiger partial charge >= 0.3 is 0 Å². The summed E-state index contributed by atoms with van der Waals surface area (Å²) in [6, 6.07) is 17.2. The van der Waals surface area contributed by atoms with E-state index >= 15 is 0 Å². The van der Waals surface area contributed by atoms with Crippen molar-refractivity contribution in [3.05, 3.63) is 93.9 Å². The summed E-state index contributed by atoms with van der Waals surface area (Å²) < 4.78 is 17.8. The number of fused-ring (bicyclic) bond motifs is 1. The van der Waals surface area contributed by atoms with Crippen molar-refractivity contribution in [1.29, 1.82) is 0 Å². The smallest absolute Gasteiger partial charge is 0.294 e. The molecule has 0 aliphatic carbocycles. The zero-order chi connectivity index (χ0) is 27.0. The first-order valence-electron chi connectivity index (χ1n) is 12.0. The Morgan fingerprint density at radius 2 is 1.79 bits per heavy atom. The fourth-order valence-electron chi connectivity index (χ4n) is 4.54. The molecule has 1 atom stereocenters. The van der Waals surface area contributed by atoms with Crippen LogP contribution in [-0.2, 0) is 4.79 Å². The second kappa shape index (κ2) is 10.3. The van der Waals surface area contributed by atoms with Crippen LogP contribution < -0.4 is 14.4 Å². The zero-order valence-corrected chi connectivity index (χ0v) is 22.2. The molecule has 0 saturated heterocycles. The number of carbonyl (C=O) groups excluding carboxylic acids is 2. The molecule has 4 aromatic rings. The van der Waals surface area contributed by atoms with Crippen LogP contribution in [-0.4, -0.2) is 35.1 Å². The van der Waals surface area contributed by atoms with Crippen molar-refractivity contribution in [3.63, 3.8) is 0 Å². The minimum atomic E-state index is -1.04. The number of carbonyl (C=O) groups is 2. The molecule has 0 saturated carbocycles. The number of halogens is 1. The van der Waals surface area contributed by atoms with E-state index < -0.39 is 23.5 Å². The number of aliphatic hydroxyl groups excluding tert-OH is 1. The summed E-state index contributed by atoms with van der Waals surface area (Å²) in [6.07, 6.45) is 0. The average molecular weight is 578 g/mol. The highest BCUT2D eigenvalue weighted by molar-refractivity contribution is 9.10. The predicted molar refractivity (Wildman–Crippen MR) is 145 cm³/mol. The summed E-state index contributed by atoms with van der Waals surface area (Å²) in [5, 5.41) is 22.0. The van der Waals surface area contributed by atoms with Gasteiger partial charge in [-0.3, -0.25) is 14.5 Å². The molecule has 0 fully saturated rings. The summed E-state index contributed by atoms with van der Waals surface area (Å²) in [5.74, 6) is -1.47. The third-order valence-corrected chi connectivity index (χ3v) is 6.65. The van der Waals surface area contributed by atoms with Crippen molar-refractivity contribution in [2.45, 2.75) is 19.9 Å². The standard InChI is InChI=1S/C29H24BrNO7/c1-3-36-20-7-5-6-19(15-20)31-26(16-8-10-21(32)23(13-16)37-4-2)25(28(34)29(31)35)27(33)24-14-17-12-18(30)9-11-22(17)38-24/h5-15,26,32,34H,3-4H2,1-2H3. The molecular formula is C29H24BrNO7. The largest absolute Gasteiger partial charge is 0.504 e. The van der Waals surface area contributed by atoms with Gasteiger partial charge in [-0.25, -0.2) is 0 Å². The van der Waals surface area contributed by atoms with E-state index in [2.05, 4.69) is 15.9 Å². The number of phenols is 1. The van der Waals surface area contributed by atoms with Gasteiger partial charge in [0.25, 0.3) is 5.91 Å². The van der Waals surface area contributed by atoms with Gasteiger partial charge in [-0.15, -0.1) is 0 Å². The Balaban J connectivity index is 1.67. The van der Waals surface area contributed by atoms with Crippen LogP contribution in [0.1, 0.15) is 36.0 Å². The first kappa shape index (κ1) is 25.4. The van der Waals surface area contributed by atoms with Crippen LogP contribution in [0.5, 0.6) is 17.2 Å². The van der Waals surface area contributed by atoms with Crippen LogP contribution in [0.15, 0.2) is 87.0 Å². The number of hydrogen-bond donors (Lipinski definition) is 2. The molecule has 2 N–H and O–H groups in total. The quantitative estimate of drug-likeness (QED) is 0.230. The van der Waals surface area contributed by atoms with Gasteiger partial charge in [0, 0.05) is 21.6 Å². The number of rotatable bonds is 8. The number of Topliss-reactive ketones (excluding diaryl/α,β-unsaturated/α-hetero) is 1. The molecule has 3 aromatic carbocycles. The van der Waals surface area contributed by atoms with Crippen LogP contribution in [0.2, 0.25) is 0 Å². The lowest BCUT2D eigenvalue weighted by Crippen LogP contribution is -2.31. The van der Waals surface area contributed by atoms with Crippen molar-refractivity contribution < 1.29 is 33.7 Å². The molecular weight excluding hydrogens is 554 g/mol. The lowest BCUT2D eigenvalue weighted by atomic mass is 9.94. The van der Waals surface area contributed by atoms with Crippen LogP contribution in [0, 0.1) is 0 Å². The molecule has 0 radical (unpaired) electrons. The van der Waals surface area contributed by atoms with E-state index in [-0.39, 0.29) is 22.8 Å². The van der Waals surface area contributed by atoms with Gasteiger partial charge in [0.1, 0.15) is 11.3 Å². The normalized spacial score (nSPS) is 15.4. The van der Waals surface area contributed by atoms with Gasteiger partial charge in [0.15, 0.2) is 23.0 Å². The topological polar surface area (TPSA) is 109 Å². The SMILES string of the molecule is CCOc1cccc(N2C(=O)C(O)=C(C(=O)c3cc4cc(Br)ccc4o3)C2c2ccc(O)c(OCC)c2)c1. The summed E-state index contributed by atoms with van der Waals surface area (Å²) in [6.45, 7) is 4.34. The fourth-order valence-corrected chi connectivity index (χ4v) is 4.92. The Labute approximate surface area is 226 Å². The number of furan rings is 1. The maximum absolute atomic E-state index is 13.9. The van der Waals surface area contributed by atoms with Crippen LogP contribution in [0.3, 0.4) is 0 Å². The van der Waals surface area contributed by atoms with Gasteiger partial charge in [-0.05, 0) is 67.9 Å². The first-order chi connectivity index (χ1) is 18.3. The van der Waals surface area contributed by atoms with Crippen LogP contribution >= 0.6 is 15.9 Å². The van der Waals surface area contributed by atoms with Crippen molar-refractivity contribution in [1.82, 2.24) is 0 Å². The second-order valence-corrected chi connectivity index (χ2v) is 9.47. The molecule has 5 rings (SSSR count). The van der Waals surface area contributed by atoms with Gasteiger partial charge < -0.3 is 24.1 Å². The third-order valence-electron chi connectivity index (χ3n) is 6.16. The Morgan fingerprint density at radius 1 is 1.00 bits per heavy atom. The summed E-state index contributed by atoms with van der Waals surface area (Å²) >= 11 is 3.41. The van der Waals surface area contributed by atoms with E-state index in [1.807, 2.05) is 6.92 Å². The molecule has 194 valence electrons. The Kier molecular flexibility index (Phi) is 6.86. The molecule has 1 aromatic heterocycles. The Bertz CT molecular complexity index is 1590. The Hall–Kier alpha value is -4.24. The Morgan fingerprint density at radius 3 is 2.55 bits per heavy atom. The first-order valence-corrected chi connectivity index (χ1v) is 12.8. The summed E-state index contributed by atoms with van der Waals surface area (Å²) in [7, 11) is 0. The highest BCUT2D eigenvalue weighted by atomic mass is 79.9. The third kappa shape index (κ3) is 4.50. The number of phenolic OH excluding ortho intramolecular Hbond substituents is 1. The molecule has 0 bridgehead atoms. The molecule has 2 heterocycles. The molecule has 38 heavy (non-hydrogen) atoms. The highest BCUT2D eigenvalue weighted by Crippen LogP contribution is 2.44. The highest BCUT2D eigenvalue weighted by Gasteiger charge is 2.45. The monoisotopic (exact) mass is 577 g/mol. The number of benzene rings is 3. The predicted octanol–water partition coefficient (Wildman–Crippen LogP) is 6.48. The van der Waals surface area contributed by atoms with E-state index in [0.29, 0.717) is 41.2 Å². The molecule has 1 amide bonds. The maximum Gasteiger partial charge on any atom is 0.294 e. The lowest BCUT2D eigenvalue weighted by molar-refractivity contribution is -0.117. The molecule has 0 spiro atoms. The van der Waals surface area contributed by atoms with Crippen LogP contribution in [0.25, 0.3) is 11.0 Å². The van der Waals surface area contributed by atoms with E-state index in [4.69, 9.17) is 13.9 Å². The van der Waals surface area contributed by atoms with E-state index in [1.165, 1.54) is 11.0 Å².